The Balaban J connectivity index is 0.00000264. The topological polar surface area (TPSA) is 66.6 Å². The maximum absolute atomic E-state index is 12.8. The fourth-order valence-corrected chi connectivity index (χ4v) is 3.75. The Morgan fingerprint density at radius 3 is 2.35 bits per heavy atom. The summed E-state index contributed by atoms with van der Waals surface area (Å²) < 4.78 is 0. The third kappa shape index (κ3) is 5.08. The van der Waals surface area contributed by atoms with Crippen LogP contribution in [0.3, 0.4) is 0 Å². The fraction of sp³-hybridized carbons (Fsp3) is 0.882. The van der Waals surface area contributed by atoms with Crippen molar-refractivity contribution in [3.05, 3.63) is 0 Å². The molecule has 2 rings (SSSR count). The van der Waals surface area contributed by atoms with E-state index in [4.69, 9.17) is 5.73 Å². The van der Waals surface area contributed by atoms with Crippen LogP contribution in [0.25, 0.3) is 0 Å². The molecule has 0 spiro atoms. The minimum Gasteiger partial charge on any atom is -0.343 e. The highest BCUT2D eigenvalue weighted by Crippen LogP contribution is 2.27. The van der Waals surface area contributed by atoms with E-state index in [0.29, 0.717) is 18.9 Å². The first-order valence-electron chi connectivity index (χ1n) is 8.85. The molecular formula is C17H32ClN3O2. The molecule has 2 saturated heterocycles. The third-order valence-corrected chi connectivity index (χ3v) is 5.19. The van der Waals surface area contributed by atoms with Crippen molar-refractivity contribution >= 4 is 24.2 Å². The Hall–Kier alpha value is -0.810. The summed E-state index contributed by atoms with van der Waals surface area (Å²) in [5.74, 6) is 1.24. The molecule has 0 aromatic rings. The molecule has 2 N–H and O–H groups in total. The monoisotopic (exact) mass is 345 g/mol. The first-order valence-corrected chi connectivity index (χ1v) is 8.85. The highest BCUT2D eigenvalue weighted by molar-refractivity contribution is 5.85. The Bertz CT molecular complexity index is 397. The average molecular weight is 346 g/mol. The lowest BCUT2D eigenvalue weighted by atomic mass is 9.89. The number of carbonyl (C=O) groups excluding carboxylic acids is 2. The highest BCUT2D eigenvalue weighted by Gasteiger charge is 2.35. The Morgan fingerprint density at radius 2 is 1.78 bits per heavy atom. The number of hydrogen-bond acceptors (Lipinski definition) is 3. The van der Waals surface area contributed by atoms with E-state index in [1.165, 1.54) is 0 Å². The van der Waals surface area contributed by atoms with E-state index in [1.807, 2.05) is 16.7 Å². The summed E-state index contributed by atoms with van der Waals surface area (Å²) in [6, 6.07) is 0.205. The van der Waals surface area contributed by atoms with Crippen LogP contribution in [0.5, 0.6) is 0 Å². The van der Waals surface area contributed by atoms with Gasteiger partial charge in [0, 0.05) is 44.6 Å². The van der Waals surface area contributed by atoms with Gasteiger partial charge in [0.15, 0.2) is 0 Å². The lowest BCUT2D eigenvalue weighted by molar-refractivity contribution is -0.144. The van der Waals surface area contributed by atoms with Crippen molar-refractivity contribution in [3.63, 3.8) is 0 Å². The zero-order chi connectivity index (χ0) is 16.1. The molecule has 6 heteroatoms. The summed E-state index contributed by atoms with van der Waals surface area (Å²) in [6.07, 6.45) is 5.22. The Kier molecular flexibility index (Phi) is 8.34. The first-order chi connectivity index (χ1) is 10.6. The van der Waals surface area contributed by atoms with Gasteiger partial charge in [-0.1, -0.05) is 13.8 Å². The van der Waals surface area contributed by atoms with Crippen LogP contribution in [0.4, 0.5) is 0 Å². The van der Waals surface area contributed by atoms with Gasteiger partial charge in [0.2, 0.25) is 11.8 Å². The van der Waals surface area contributed by atoms with Gasteiger partial charge in [-0.15, -0.1) is 12.4 Å². The van der Waals surface area contributed by atoms with Gasteiger partial charge >= 0.3 is 0 Å². The minimum atomic E-state index is 0. The predicted octanol–water partition coefficient (Wildman–Crippen LogP) is 2.03. The van der Waals surface area contributed by atoms with Crippen molar-refractivity contribution in [3.8, 4) is 0 Å². The number of hydrogen-bond donors (Lipinski definition) is 1. The number of carbonyl (C=O) groups is 2. The smallest absolute Gasteiger partial charge is 0.226 e. The molecule has 0 radical (unpaired) electrons. The number of piperidine rings is 2. The van der Waals surface area contributed by atoms with Crippen LogP contribution in [-0.2, 0) is 9.59 Å². The second-order valence-corrected chi connectivity index (χ2v) is 6.96. The molecule has 0 saturated carbocycles. The second kappa shape index (κ2) is 9.48. The molecule has 23 heavy (non-hydrogen) atoms. The molecule has 0 aromatic carbocycles. The van der Waals surface area contributed by atoms with Crippen molar-refractivity contribution in [2.24, 2.45) is 17.6 Å². The largest absolute Gasteiger partial charge is 0.343 e. The molecule has 0 aliphatic carbocycles. The van der Waals surface area contributed by atoms with Gasteiger partial charge in [-0.2, -0.15) is 0 Å². The number of rotatable bonds is 4. The zero-order valence-corrected chi connectivity index (χ0v) is 15.3. The summed E-state index contributed by atoms with van der Waals surface area (Å²) in [6.45, 7) is 7.13. The van der Waals surface area contributed by atoms with Gasteiger partial charge in [0.1, 0.15) is 0 Å². The van der Waals surface area contributed by atoms with E-state index >= 15 is 0 Å². The van der Waals surface area contributed by atoms with Crippen LogP contribution < -0.4 is 5.73 Å². The average Bonchev–Trinajstić information content (AvgIpc) is 2.54. The lowest BCUT2D eigenvalue weighted by Crippen LogP contribution is -2.52. The predicted molar refractivity (Wildman–Crippen MR) is 94.4 cm³/mol. The van der Waals surface area contributed by atoms with Crippen LogP contribution in [-0.4, -0.2) is 53.8 Å². The number of nitrogens with zero attached hydrogens (tertiary/aromatic N) is 2. The van der Waals surface area contributed by atoms with Crippen molar-refractivity contribution in [1.82, 2.24) is 9.80 Å². The zero-order valence-electron chi connectivity index (χ0n) is 14.5. The first kappa shape index (κ1) is 20.2. The molecule has 2 aliphatic heterocycles. The van der Waals surface area contributed by atoms with Gasteiger partial charge < -0.3 is 15.5 Å². The van der Waals surface area contributed by atoms with Crippen LogP contribution >= 0.6 is 12.4 Å². The summed E-state index contributed by atoms with van der Waals surface area (Å²) in [5, 5.41) is 0. The van der Waals surface area contributed by atoms with E-state index in [0.717, 1.165) is 51.7 Å². The standard InChI is InChI=1S/C17H31N3O2.ClH/c1-3-4-16(21)19-8-6-14(7-9-19)17(22)20-10-5-13(2)11-15(20)12-18;/h13-15H,3-12,18H2,1-2H3;1H. The Labute approximate surface area is 146 Å². The number of amides is 2. The van der Waals surface area contributed by atoms with Crippen LogP contribution in [0.15, 0.2) is 0 Å². The lowest BCUT2D eigenvalue weighted by Gasteiger charge is -2.41. The third-order valence-electron chi connectivity index (χ3n) is 5.19. The number of halogens is 1. The van der Waals surface area contributed by atoms with Crippen LogP contribution in [0, 0.1) is 11.8 Å². The maximum Gasteiger partial charge on any atom is 0.226 e. The van der Waals surface area contributed by atoms with Crippen molar-refractivity contribution in [2.75, 3.05) is 26.2 Å². The van der Waals surface area contributed by atoms with Crippen molar-refractivity contribution < 1.29 is 9.59 Å². The summed E-state index contributed by atoms with van der Waals surface area (Å²) >= 11 is 0. The molecule has 2 amide bonds. The van der Waals surface area contributed by atoms with E-state index < -0.39 is 0 Å². The molecule has 134 valence electrons. The molecule has 2 fully saturated rings. The highest BCUT2D eigenvalue weighted by atomic mass is 35.5. The van der Waals surface area contributed by atoms with Crippen LogP contribution in [0.1, 0.15) is 52.4 Å². The van der Waals surface area contributed by atoms with Crippen molar-refractivity contribution in [2.45, 2.75) is 58.4 Å². The molecule has 0 bridgehead atoms. The summed E-state index contributed by atoms with van der Waals surface area (Å²) in [5.41, 5.74) is 5.87. The molecule has 2 atom stereocenters. The summed E-state index contributed by atoms with van der Waals surface area (Å²) in [7, 11) is 0. The number of likely N-dealkylation sites (tertiary alicyclic amines) is 2. The van der Waals surface area contributed by atoms with Crippen molar-refractivity contribution in [1.29, 1.82) is 0 Å². The quantitative estimate of drug-likeness (QED) is 0.847. The fourth-order valence-electron chi connectivity index (χ4n) is 3.75. The van der Waals surface area contributed by atoms with Gasteiger partial charge in [-0.05, 0) is 38.0 Å². The SMILES string of the molecule is CCCC(=O)N1CCC(C(=O)N2CCC(C)CC2CN)CC1.Cl. The Morgan fingerprint density at radius 1 is 1.13 bits per heavy atom. The molecular weight excluding hydrogens is 314 g/mol. The van der Waals surface area contributed by atoms with E-state index in [1.54, 1.807) is 0 Å². The van der Waals surface area contributed by atoms with Crippen LogP contribution in [0.2, 0.25) is 0 Å². The number of nitrogens with two attached hydrogens (primary N) is 1. The maximum atomic E-state index is 12.8. The van der Waals surface area contributed by atoms with E-state index in [-0.39, 0.29) is 36.2 Å². The van der Waals surface area contributed by atoms with Gasteiger partial charge in [-0.3, -0.25) is 9.59 Å². The molecule has 2 heterocycles. The van der Waals surface area contributed by atoms with Gasteiger partial charge in [0.25, 0.3) is 0 Å². The van der Waals surface area contributed by atoms with E-state index in [9.17, 15) is 9.59 Å². The minimum absolute atomic E-state index is 0. The molecule has 5 nitrogen and oxygen atoms in total. The van der Waals surface area contributed by atoms with Gasteiger partial charge in [-0.25, -0.2) is 0 Å². The van der Waals surface area contributed by atoms with Gasteiger partial charge in [0.05, 0.1) is 0 Å². The summed E-state index contributed by atoms with van der Waals surface area (Å²) in [4.78, 5) is 28.7. The molecule has 0 aromatic heterocycles. The normalized spacial score (nSPS) is 25.9. The molecule has 2 aliphatic rings. The van der Waals surface area contributed by atoms with E-state index in [2.05, 4.69) is 6.92 Å². The second-order valence-electron chi connectivity index (χ2n) is 6.96. The molecule has 2 unspecified atom stereocenters.